The molecule has 1 radical (unpaired) electrons. The minimum Gasteiger partial charge on any atom is -1.00 e. The molecule has 0 saturated heterocycles. The van der Waals surface area contributed by atoms with Crippen molar-refractivity contribution in [2.45, 2.75) is 206 Å². The number of halogens is 1. The SMILES string of the molecule is CCCCCCCCCCCCCCCCCC(=O)[O-].CCCCCCCCCCCCCCCC[N+](C)(C)C.[Cl-].[Co]. The van der Waals surface area contributed by atoms with Crippen LogP contribution in [0.4, 0.5) is 0 Å². The molecule has 0 N–H and O–H groups in total. The first-order valence-corrected chi connectivity index (χ1v) is 18.3. The van der Waals surface area contributed by atoms with Gasteiger partial charge < -0.3 is 26.8 Å². The van der Waals surface area contributed by atoms with E-state index < -0.39 is 5.97 Å². The normalized spacial score (nSPS) is 10.9. The van der Waals surface area contributed by atoms with Gasteiger partial charge >= 0.3 is 0 Å². The summed E-state index contributed by atoms with van der Waals surface area (Å²) in [6, 6.07) is 0. The molecule has 0 heterocycles. The Hall–Kier alpha value is 0.226. The van der Waals surface area contributed by atoms with Crippen molar-refractivity contribution in [1.29, 1.82) is 0 Å². The van der Waals surface area contributed by atoms with Crippen LogP contribution in [-0.4, -0.2) is 38.1 Å². The third kappa shape index (κ3) is 52.8. The van der Waals surface area contributed by atoms with E-state index in [9.17, 15) is 9.90 Å². The number of carbonyl (C=O) groups excluding carboxylic acids is 1. The Morgan fingerprint density at radius 3 is 0.857 bits per heavy atom. The molecule has 5 heteroatoms. The predicted octanol–water partition coefficient (Wildman–Crippen LogP) is 8.17. The zero-order chi connectivity index (χ0) is 30.0. The van der Waals surface area contributed by atoms with E-state index in [-0.39, 0.29) is 35.6 Å². The average Bonchev–Trinajstić information content (AvgIpc) is 2.90. The molecule has 0 aromatic rings. The van der Waals surface area contributed by atoms with E-state index in [1.807, 2.05) is 0 Å². The molecule has 0 spiro atoms. The second-order valence-corrected chi connectivity index (χ2v) is 13.7. The summed E-state index contributed by atoms with van der Waals surface area (Å²) in [5.74, 6) is -0.903. The monoisotopic (exact) mass is 661 g/mol. The standard InChI is InChI=1S/C19H42N.C18H36O2.ClH.Co/c1-5-6-7-8-9-10-11-12-13-14-15-16-17-18-19-20(2,3)4;1-2-3-4-5-6-7-8-9-10-11-12-13-14-15-16-17-18(19)20;;/h5-19H2,1-4H3;2-17H2,1H3,(H,19,20);1H;/q+1;;;/p-2. The van der Waals surface area contributed by atoms with Crippen LogP contribution in [-0.2, 0) is 21.6 Å². The fourth-order valence-corrected chi connectivity index (χ4v) is 5.42. The van der Waals surface area contributed by atoms with Crippen molar-refractivity contribution in [3.05, 3.63) is 0 Å². The first-order chi connectivity index (χ1) is 19.3. The number of hydrogen-bond donors (Lipinski definition) is 0. The molecule has 0 amide bonds. The average molecular weight is 662 g/mol. The van der Waals surface area contributed by atoms with Gasteiger partial charge in [-0.05, 0) is 25.7 Å². The molecule has 0 bridgehead atoms. The van der Waals surface area contributed by atoms with Gasteiger partial charge in [0.25, 0.3) is 0 Å². The quantitative estimate of drug-likeness (QED) is 0.0556. The van der Waals surface area contributed by atoms with Crippen LogP contribution in [0.15, 0.2) is 0 Å². The van der Waals surface area contributed by atoms with Crippen molar-refractivity contribution < 1.29 is 43.6 Å². The van der Waals surface area contributed by atoms with Crippen molar-refractivity contribution in [3.63, 3.8) is 0 Å². The Kier molecular flexibility index (Phi) is 48.2. The van der Waals surface area contributed by atoms with Crippen molar-refractivity contribution >= 4 is 5.97 Å². The van der Waals surface area contributed by atoms with Crippen LogP contribution < -0.4 is 17.5 Å². The van der Waals surface area contributed by atoms with Gasteiger partial charge in [0, 0.05) is 22.7 Å². The smallest absolute Gasteiger partial charge is 0.0780 e. The van der Waals surface area contributed by atoms with Gasteiger partial charge in [0.2, 0.25) is 0 Å². The third-order valence-corrected chi connectivity index (χ3v) is 8.17. The molecule has 0 aliphatic carbocycles. The largest absolute Gasteiger partial charge is 1.00 e. The number of aliphatic carboxylic acids is 1. The van der Waals surface area contributed by atoms with Crippen molar-refractivity contribution in [1.82, 2.24) is 0 Å². The molecular weight excluding hydrogens is 585 g/mol. The maximum atomic E-state index is 10.2. The number of nitrogens with zero attached hydrogens (tertiary/aromatic N) is 1. The van der Waals surface area contributed by atoms with E-state index >= 15 is 0 Å². The number of carboxylic acids is 1. The van der Waals surface area contributed by atoms with Gasteiger partial charge in [-0.3, -0.25) is 0 Å². The zero-order valence-electron chi connectivity index (χ0n) is 29.4. The minimum atomic E-state index is -0.903. The van der Waals surface area contributed by atoms with Gasteiger partial charge in [0.1, 0.15) is 0 Å². The van der Waals surface area contributed by atoms with E-state index in [1.165, 1.54) is 180 Å². The van der Waals surface area contributed by atoms with Crippen LogP contribution in [0.5, 0.6) is 0 Å². The number of carbonyl (C=O) groups is 1. The number of carboxylic acid groups (broad SMARTS) is 1. The Labute approximate surface area is 282 Å². The van der Waals surface area contributed by atoms with E-state index in [1.54, 1.807) is 0 Å². The summed E-state index contributed by atoms with van der Waals surface area (Å²) in [5.41, 5.74) is 0. The van der Waals surface area contributed by atoms with E-state index in [2.05, 4.69) is 35.0 Å². The van der Waals surface area contributed by atoms with Crippen LogP contribution in [0.1, 0.15) is 206 Å². The molecule has 0 atom stereocenters. The molecule has 42 heavy (non-hydrogen) atoms. The second kappa shape index (κ2) is 41.2. The van der Waals surface area contributed by atoms with E-state index in [4.69, 9.17) is 0 Å². The van der Waals surface area contributed by atoms with Crippen molar-refractivity contribution in [2.75, 3.05) is 27.7 Å². The number of hydrogen-bond acceptors (Lipinski definition) is 2. The fourth-order valence-electron chi connectivity index (χ4n) is 5.42. The molecule has 0 unspecified atom stereocenters. The molecule has 0 rings (SSSR count). The molecule has 3 nitrogen and oxygen atoms in total. The van der Waals surface area contributed by atoms with Crippen LogP contribution in [0, 0.1) is 0 Å². The Balaban J connectivity index is -0.000000328. The van der Waals surface area contributed by atoms with Gasteiger partial charge in [-0.15, -0.1) is 0 Å². The Morgan fingerprint density at radius 1 is 0.429 bits per heavy atom. The van der Waals surface area contributed by atoms with Crippen molar-refractivity contribution in [3.8, 4) is 0 Å². The molecule has 0 aliphatic heterocycles. The van der Waals surface area contributed by atoms with Gasteiger partial charge in [-0.2, -0.15) is 0 Å². The zero-order valence-corrected chi connectivity index (χ0v) is 31.2. The predicted molar refractivity (Wildman–Crippen MR) is 178 cm³/mol. The first kappa shape index (κ1) is 49.1. The van der Waals surface area contributed by atoms with Crippen molar-refractivity contribution in [2.24, 2.45) is 0 Å². The van der Waals surface area contributed by atoms with Crippen LogP contribution in [0.2, 0.25) is 0 Å². The molecular formula is C37H77ClCoNO2-. The van der Waals surface area contributed by atoms with Crippen LogP contribution in [0.3, 0.4) is 0 Å². The summed E-state index contributed by atoms with van der Waals surface area (Å²) in [6.07, 6.45) is 40.2. The molecule has 0 aliphatic rings. The molecule has 259 valence electrons. The van der Waals surface area contributed by atoms with Gasteiger partial charge in [-0.25, -0.2) is 0 Å². The fraction of sp³-hybridized carbons (Fsp3) is 0.973. The van der Waals surface area contributed by atoms with Crippen LogP contribution in [0.25, 0.3) is 0 Å². The minimum absolute atomic E-state index is 0. The summed E-state index contributed by atoms with van der Waals surface area (Å²) < 4.78 is 1.12. The third-order valence-electron chi connectivity index (χ3n) is 8.17. The summed E-state index contributed by atoms with van der Waals surface area (Å²) in [7, 11) is 6.88. The maximum absolute atomic E-state index is 10.2. The number of rotatable bonds is 31. The van der Waals surface area contributed by atoms with Gasteiger partial charge in [-0.1, -0.05) is 181 Å². The number of unbranched alkanes of at least 4 members (excludes halogenated alkanes) is 27. The first-order valence-electron chi connectivity index (χ1n) is 18.3. The number of quaternary nitrogens is 1. The Morgan fingerprint density at radius 2 is 0.643 bits per heavy atom. The molecule has 0 fully saturated rings. The van der Waals surface area contributed by atoms with E-state index in [0.717, 1.165) is 17.3 Å². The van der Waals surface area contributed by atoms with Gasteiger partial charge in [0.15, 0.2) is 0 Å². The summed E-state index contributed by atoms with van der Waals surface area (Å²) in [5, 5.41) is 10.2. The second-order valence-electron chi connectivity index (χ2n) is 13.7. The molecule has 0 saturated carbocycles. The topological polar surface area (TPSA) is 40.1 Å². The van der Waals surface area contributed by atoms with Crippen LogP contribution >= 0.6 is 0 Å². The summed E-state index contributed by atoms with van der Waals surface area (Å²) in [6.45, 7) is 5.89. The Bertz CT molecular complexity index is 485. The summed E-state index contributed by atoms with van der Waals surface area (Å²) in [4.78, 5) is 10.2. The van der Waals surface area contributed by atoms with Gasteiger partial charge in [0.05, 0.1) is 27.7 Å². The van der Waals surface area contributed by atoms with E-state index in [0.29, 0.717) is 0 Å². The molecule has 0 aromatic carbocycles. The summed E-state index contributed by atoms with van der Waals surface area (Å²) >= 11 is 0. The molecule has 0 aromatic heterocycles. The maximum Gasteiger partial charge on any atom is 0.0780 e.